The minimum absolute atomic E-state index is 0.556. The third-order valence-electron chi connectivity index (χ3n) is 4.41. The molecule has 1 N–H and O–H groups in total. The molecule has 2 atom stereocenters. The summed E-state index contributed by atoms with van der Waals surface area (Å²) in [5, 5.41) is 9.72. The van der Waals surface area contributed by atoms with Crippen LogP contribution in [0, 0.1) is 11.3 Å². The lowest BCUT2D eigenvalue weighted by Crippen LogP contribution is -2.38. The predicted molar refractivity (Wildman–Crippen MR) is 80.2 cm³/mol. The van der Waals surface area contributed by atoms with Gasteiger partial charge in [-0.3, -0.25) is 4.79 Å². The van der Waals surface area contributed by atoms with Crippen LogP contribution < -0.4 is 0 Å². The van der Waals surface area contributed by atoms with E-state index in [9.17, 15) is 9.90 Å². The van der Waals surface area contributed by atoms with Crippen LogP contribution in [0.1, 0.15) is 44.6 Å². The van der Waals surface area contributed by atoms with Gasteiger partial charge in [-0.2, -0.15) is 0 Å². The molecule has 0 aliphatic heterocycles. The van der Waals surface area contributed by atoms with Crippen molar-refractivity contribution in [1.82, 2.24) is 0 Å². The van der Waals surface area contributed by atoms with Crippen LogP contribution in [-0.4, -0.2) is 11.1 Å². The molecule has 0 bridgehead atoms. The summed E-state index contributed by atoms with van der Waals surface area (Å²) < 4.78 is 1.02. The number of hydrogen-bond acceptors (Lipinski definition) is 1. The largest absolute Gasteiger partial charge is 0.481 e. The van der Waals surface area contributed by atoms with E-state index in [-0.39, 0.29) is 0 Å². The summed E-state index contributed by atoms with van der Waals surface area (Å²) in [6.45, 7) is 2.17. The Morgan fingerprint density at radius 3 is 2.95 bits per heavy atom. The molecule has 1 aliphatic carbocycles. The van der Waals surface area contributed by atoms with Crippen molar-refractivity contribution in [3.8, 4) is 0 Å². The minimum atomic E-state index is -0.620. The van der Waals surface area contributed by atoms with E-state index in [0.717, 1.165) is 35.7 Å². The van der Waals surface area contributed by atoms with Gasteiger partial charge in [-0.15, -0.1) is 0 Å². The number of benzene rings is 1. The van der Waals surface area contributed by atoms with E-state index in [1.165, 1.54) is 6.42 Å². The molecule has 104 valence electrons. The first-order valence-corrected chi connectivity index (χ1v) is 7.83. The van der Waals surface area contributed by atoms with Gasteiger partial charge in [0, 0.05) is 4.47 Å². The topological polar surface area (TPSA) is 37.3 Å². The molecule has 2 rings (SSSR count). The molecule has 1 aromatic rings. The zero-order valence-corrected chi connectivity index (χ0v) is 12.9. The van der Waals surface area contributed by atoms with Crippen LogP contribution in [0.15, 0.2) is 28.7 Å². The predicted octanol–water partition coefficient (Wildman–Crippen LogP) is 4.66. The fourth-order valence-corrected chi connectivity index (χ4v) is 3.75. The Labute approximate surface area is 123 Å². The van der Waals surface area contributed by atoms with Gasteiger partial charge in [0.05, 0.1) is 5.41 Å². The van der Waals surface area contributed by atoms with Gasteiger partial charge in [0.2, 0.25) is 0 Å². The zero-order valence-electron chi connectivity index (χ0n) is 11.4. The molecule has 1 aromatic carbocycles. The summed E-state index contributed by atoms with van der Waals surface area (Å²) in [6, 6.07) is 8.03. The van der Waals surface area contributed by atoms with E-state index >= 15 is 0 Å². The normalized spacial score (nSPS) is 27.2. The lowest BCUT2D eigenvalue weighted by molar-refractivity contribution is -0.152. The van der Waals surface area contributed by atoms with E-state index in [2.05, 4.69) is 22.9 Å². The highest BCUT2D eigenvalue weighted by Gasteiger charge is 2.42. The molecular formula is C16H21BrO2. The Hall–Kier alpha value is -0.830. The number of carboxylic acid groups (broad SMARTS) is 1. The van der Waals surface area contributed by atoms with Crippen molar-refractivity contribution in [1.29, 1.82) is 0 Å². The molecule has 19 heavy (non-hydrogen) atoms. The van der Waals surface area contributed by atoms with E-state index in [0.29, 0.717) is 12.3 Å². The van der Waals surface area contributed by atoms with Crippen LogP contribution >= 0.6 is 15.9 Å². The maximum atomic E-state index is 11.8. The van der Waals surface area contributed by atoms with E-state index in [1.807, 2.05) is 24.3 Å². The molecule has 0 aromatic heterocycles. The van der Waals surface area contributed by atoms with Gasteiger partial charge in [0.25, 0.3) is 0 Å². The highest BCUT2D eigenvalue weighted by atomic mass is 79.9. The molecule has 1 saturated carbocycles. The first-order chi connectivity index (χ1) is 9.05. The van der Waals surface area contributed by atoms with Crippen LogP contribution in [0.5, 0.6) is 0 Å². The average molecular weight is 325 g/mol. The van der Waals surface area contributed by atoms with Gasteiger partial charge in [-0.25, -0.2) is 0 Å². The van der Waals surface area contributed by atoms with Crippen molar-refractivity contribution in [2.24, 2.45) is 11.3 Å². The molecule has 0 spiro atoms. The second-order valence-electron chi connectivity index (χ2n) is 5.76. The molecular weight excluding hydrogens is 304 g/mol. The van der Waals surface area contributed by atoms with Crippen LogP contribution in [0.3, 0.4) is 0 Å². The number of aliphatic carboxylic acids is 1. The zero-order chi connectivity index (χ0) is 13.9. The van der Waals surface area contributed by atoms with Crippen molar-refractivity contribution in [2.75, 3.05) is 0 Å². The smallest absolute Gasteiger partial charge is 0.309 e. The number of carboxylic acids is 1. The van der Waals surface area contributed by atoms with Crippen LogP contribution in [0.2, 0.25) is 0 Å². The first-order valence-electron chi connectivity index (χ1n) is 7.03. The van der Waals surface area contributed by atoms with Crippen LogP contribution in [0.4, 0.5) is 0 Å². The average Bonchev–Trinajstić information content (AvgIpc) is 2.38. The Kier molecular flexibility index (Phi) is 4.67. The maximum absolute atomic E-state index is 11.8. The molecule has 2 nitrogen and oxygen atoms in total. The first kappa shape index (κ1) is 14.6. The van der Waals surface area contributed by atoms with Gasteiger partial charge in [0.15, 0.2) is 0 Å². The van der Waals surface area contributed by atoms with Crippen LogP contribution in [-0.2, 0) is 11.2 Å². The third-order valence-corrected chi connectivity index (χ3v) is 4.90. The van der Waals surface area contributed by atoms with Crippen molar-refractivity contribution in [2.45, 2.75) is 45.4 Å². The Morgan fingerprint density at radius 2 is 2.32 bits per heavy atom. The number of carbonyl (C=O) groups is 1. The minimum Gasteiger partial charge on any atom is -0.481 e. The highest BCUT2D eigenvalue weighted by molar-refractivity contribution is 9.10. The van der Waals surface area contributed by atoms with E-state index in [1.54, 1.807) is 0 Å². The molecule has 0 saturated heterocycles. The van der Waals surface area contributed by atoms with Crippen LogP contribution in [0.25, 0.3) is 0 Å². The molecule has 0 amide bonds. The number of halogens is 1. The lowest BCUT2D eigenvalue weighted by atomic mass is 9.66. The van der Waals surface area contributed by atoms with E-state index < -0.39 is 11.4 Å². The molecule has 3 heteroatoms. The summed E-state index contributed by atoms with van der Waals surface area (Å²) in [5.74, 6) is -0.0531. The Bertz CT molecular complexity index is 458. The lowest BCUT2D eigenvalue weighted by Gasteiger charge is -2.37. The molecule has 1 aliphatic rings. The monoisotopic (exact) mass is 324 g/mol. The van der Waals surface area contributed by atoms with Gasteiger partial charge in [-0.05, 0) is 42.9 Å². The molecule has 0 heterocycles. The fourth-order valence-electron chi connectivity index (χ4n) is 3.30. The fraction of sp³-hybridized carbons (Fsp3) is 0.562. The number of rotatable bonds is 4. The summed E-state index contributed by atoms with van der Waals surface area (Å²) in [7, 11) is 0. The van der Waals surface area contributed by atoms with Gasteiger partial charge >= 0.3 is 5.97 Å². The Balaban J connectivity index is 2.22. The Morgan fingerprint density at radius 1 is 1.53 bits per heavy atom. The molecule has 2 unspecified atom stereocenters. The van der Waals surface area contributed by atoms with Crippen molar-refractivity contribution in [3.63, 3.8) is 0 Å². The number of hydrogen-bond donors (Lipinski definition) is 1. The quantitative estimate of drug-likeness (QED) is 0.874. The summed E-state index contributed by atoms with van der Waals surface area (Å²) in [6.07, 6.45) is 5.60. The maximum Gasteiger partial charge on any atom is 0.309 e. The SMILES string of the molecule is CCC1CCCC(Cc2cccc(Br)c2)(C(=O)O)C1. The molecule has 1 fully saturated rings. The van der Waals surface area contributed by atoms with Gasteiger partial charge < -0.3 is 5.11 Å². The summed E-state index contributed by atoms with van der Waals surface area (Å²) >= 11 is 3.46. The van der Waals surface area contributed by atoms with E-state index in [4.69, 9.17) is 0 Å². The second kappa shape index (κ2) is 6.08. The molecule has 0 radical (unpaired) electrons. The second-order valence-corrected chi connectivity index (χ2v) is 6.68. The third kappa shape index (κ3) is 3.38. The van der Waals surface area contributed by atoms with Gasteiger partial charge in [0.1, 0.15) is 0 Å². The van der Waals surface area contributed by atoms with Gasteiger partial charge in [-0.1, -0.05) is 54.2 Å². The summed E-state index contributed by atoms with van der Waals surface area (Å²) in [5.41, 5.74) is 0.563. The highest BCUT2D eigenvalue weighted by Crippen LogP contribution is 2.43. The van der Waals surface area contributed by atoms with Crippen molar-refractivity contribution < 1.29 is 9.90 Å². The standard InChI is InChI=1S/C16H21BrO2/c1-2-12-6-4-8-16(10-12,15(18)19)11-13-5-3-7-14(17)9-13/h3,5,7,9,12H,2,4,6,8,10-11H2,1H3,(H,18,19). The van der Waals surface area contributed by atoms with Crippen molar-refractivity contribution >= 4 is 21.9 Å². The van der Waals surface area contributed by atoms with Crippen molar-refractivity contribution in [3.05, 3.63) is 34.3 Å². The summed E-state index contributed by atoms with van der Waals surface area (Å²) in [4.78, 5) is 11.8.